The Bertz CT molecular complexity index is 476. The van der Waals surface area contributed by atoms with E-state index in [1.807, 2.05) is 35.0 Å². The Balaban J connectivity index is 2.58. The largest absolute Gasteiger partial charge is 0.382 e. The standard InChI is InChI=1S/C11H12BrN3/c1-2-8-7-11(13)14-15(8)10-6-4-3-5-9(10)12/h3-7H,2H2,1H3,(H2,13,14). The lowest BCUT2D eigenvalue weighted by atomic mass is 10.3. The van der Waals surface area contributed by atoms with E-state index in [1.54, 1.807) is 0 Å². The smallest absolute Gasteiger partial charge is 0.146 e. The van der Waals surface area contributed by atoms with Crippen LogP contribution in [-0.2, 0) is 6.42 Å². The SMILES string of the molecule is CCc1cc(N)nn1-c1ccccc1Br. The molecule has 1 heterocycles. The van der Waals surface area contributed by atoms with Gasteiger partial charge in [0.2, 0.25) is 0 Å². The first-order valence-corrected chi connectivity index (χ1v) is 5.61. The fourth-order valence-electron chi connectivity index (χ4n) is 1.52. The summed E-state index contributed by atoms with van der Waals surface area (Å²) in [6.45, 7) is 2.09. The molecule has 0 radical (unpaired) electrons. The maximum atomic E-state index is 5.70. The van der Waals surface area contributed by atoms with Crippen LogP contribution in [0.1, 0.15) is 12.6 Å². The molecule has 0 bridgehead atoms. The number of rotatable bonds is 2. The number of benzene rings is 1. The van der Waals surface area contributed by atoms with E-state index in [4.69, 9.17) is 5.73 Å². The van der Waals surface area contributed by atoms with Gasteiger partial charge in [0.1, 0.15) is 5.82 Å². The summed E-state index contributed by atoms with van der Waals surface area (Å²) in [6.07, 6.45) is 0.908. The summed E-state index contributed by atoms with van der Waals surface area (Å²) in [5.41, 5.74) is 7.83. The third-order valence-corrected chi connectivity index (χ3v) is 2.92. The van der Waals surface area contributed by atoms with Crippen LogP contribution in [0.25, 0.3) is 5.69 Å². The molecule has 1 aromatic carbocycles. The van der Waals surface area contributed by atoms with E-state index in [-0.39, 0.29) is 0 Å². The lowest BCUT2D eigenvalue weighted by Gasteiger charge is -2.07. The first-order chi connectivity index (χ1) is 7.22. The summed E-state index contributed by atoms with van der Waals surface area (Å²) in [5, 5.41) is 4.28. The van der Waals surface area contributed by atoms with Crippen molar-refractivity contribution in [1.29, 1.82) is 0 Å². The lowest BCUT2D eigenvalue weighted by Crippen LogP contribution is -2.02. The van der Waals surface area contributed by atoms with Crippen molar-refractivity contribution in [3.8, 4) is 5.69 Å². The van der Waals surface area contributed by atoms with E-state index >= 15 is 0 Å². The van der Waals surface area contributed by atoms with Gasteiger partial charge < -0.3 is 5.73 Å². The van der Waals surface area contributed by atoms with Crippen LogP contribution in [0.3, 0.4) is 0 Å². The Morgan fingerprint density at radius 3 is 2.80 bits per heavy atom. The summed E-state index contributed by atoms with van der Waals surface area (Å²) in [5.74, 6) is 0.558. The summed E-state index contributed by atoms with van der Waals surface area (Å²) in [4.78, 5) is 0. The zero-order chi connectivity index (χ0) is 10.8. The highest BCUT2D eigenvalue weighted by atomic mass is 79.9. The molecule has 2 N–H and O–H groups in total. The van der Waals surface area contributed by atoms with Crippen LogP contribution in [0.4, 0.5) is 5.82 Å². The molecule has 2 aromatic rings. The van der Waals surface area contributed by atoms with E-state index in [1.165, 1.54) is 0 Å². The summed E-state index contributed by atoms with van der Waals surface area (Å²) in [7, 11) is 0. The van der Waals surface area contributed by atoms with Gasteiger partial charge in [-0.3, -0.25) is 0 Å². The highest BCUT2D eigenvalue weighted by Crippen LogP contribution is 2.22. The highest BCUT2D eigenvalue weighted by Gasteiger charge is 2.08. The van der Waals surface area contributed by atoms with Crippen molar-refractivity contribution in [1.82, 2.24) is 9.78 Å². The number of aryl methyl sites for hydroxylation is 1. The van der Waals surface area contributed by atoms with Gasteiger partial charge in [0.15, 0.2) is 0 Å². The number of halogens is 1. The average molecular weight is 266 g/mol. The van der Waals surface area contributed by atoms with Crippen LogP contribution in [0, 0.1) is 0 Å². The molecule has 15 heavy (non-hydrogen) atoms. The van der Waals surface area contributed by atoms with Gasteiger partial charge in [0.25, 0.3) is 0 Å². The molecule has 4 heteroatoms. The van der Waals surface area contributed by atoms with E-state index in [2.05, 4.69) is 28.0 Å². The summed E-state index contributed by atoms with van der Waals surface area (Å²) < 4.78 is 2.89. The Kier molecular flexibility index (Phi) is 2.77. The van der Waals surface area contributed by atoms with Crippen LogP contribution in [0.2, 0.25) is 0 Å². The Morgan fingerprint density at radius 2 is 2.13 bits per heavy atom. The van der Waals surface area contributed by atoms with Crippen molar-refractivity contribution in [2.75, 3.05) is 5.73 Å². The highest BCUT2D eigenvalue weighted by molar-refractivity contribution is 9.10. The number of nitrogens with zero attached hydrogens (tertiary/aromatic N) is 2. The van der Waals surface area contributed by atoms with Crippen molar-refractivity contribution in [3.63, 3.8) is 0 Å². The number of para-hydroxylation sites is 1. The molecular weight excluding hydrogens is 254 g/mol. The second kappa shape index (κ2) is 4.06. The van der Waals surface area contributed by atoms with Gasteiger partial charge in [-0.1, -0.05) is 19.1 Å². The lowest BCUT2D eigenvalue weighted by molar-refractivity contribution is 0.814. The first-order valence-electron chi connectivity index (χ1n) is 4.81. The Morgan fingerprint density at radius 1 is 1.40 bits per heavy atom. The minimum absolute atomic E-state index is 0.558. The van der Waals surface area contributed by atoms with Crippen LogP contribution >= 0.6 is 15.9 Å². The van der Waals surface area contributed by atoms with Gasteiger partial charge in [0, 0.05) is 16.2 Å². The van der Waals surface area contributed by atoms with Crippen molar-refractivity contribution in [2.24, 2.45) is 0 Å². The van der Waals surface area contributed by atoms with Gasteiger partial charge >= 0.3 is 0 Å². The summed E-state index contributed by atoms with van der Waals surface area (Å²) >= 11 is 3.50. The van der Waals surface area contributed by atoms with Gasteiger partial charge in [-0.2, -0.15) is 5.10 Å². The number of aromatic nitrogens is 2. The quantitative estimate of drug-likeness (QED) is 0.908. The van der Waals surface area contributed by atoms with Crippen LogP contribution < -0.4 is 5.73 Å². The fraction of sp³-hybridized carbons (Fsp3) is 0.182. The molecule has 0 amide bonds. The molecular formula is C11H12BrN3. The minimum atomic E-state index is 0.558. The topological polar surface area (TPSA) is 43.8 Å². The average Bonchev–Trinajstić information content (AvgIpc) is 2.60. The normalized spacial score (nSPS) is 10.5. The molecule has 78 valence electrons. The third-order valence-electron chi connectivity index (χ3n) is 2.24. The fourth-order valence-corrected chi connectivity index (χ4v) is 1.98. The molecule has 0 saturated carbocycles. The molecule has 0 fully saturated rings. The van der Waals surface area contributed by atoms with Crippen molar-refractivity contribution in [3.05, 3.63) is 40.5 Å². The maximum Gasteiger partial charge on any atom is 0.146 e. The Hall–Kier alpha value is -1.29. The molecule has 2 rings (SSSR count). The van der Waals surface area contributed by atoms with Gasteiger partial charge in [0.05, 0.1) is 5.69 Å². The van der Waals surface area contributed by atoms with Crippen molar-refractivity contribution < 1.29 is 0 Å². The minimum Gasteiger partial charge on any atom is -0.382 e. The number of nitrogen functional groups attached to an aromatic ring is 1. The van der Waals surface area contributed by atoms with E-state index in [9.17, 15) is 0 Å². The van der Waals surface area contributed by atoms with Crippen molar-refractivity contribution in [2.45, 2.75) is 13.3 Å². The predicted molar refractivity (Wildman–Crippen MR) is 65.1 cm³/mol. The number of hydrogen-bond donors (Lipinski definition) is 1. The predicted octanol–water partition coefficient (Wildman–Crippen LogP) is 2.78. The van der Waals surface area contributed by atoms with Crippen LogP contribution in [0.15, 0.2) is 34.8 Å². The number of hydrogen-bond acceptors (Lipinski definition) is 2. The number of anilines is 1. The second-order valence-electron chi connectivity index (χ2n) is 3.28. The van der Waals surface area contributed by atoms with Gasteiger partial charge in [-0.25, -0.2) is 4.68 Å². The van der Waals surface area contributed by atoms with Gasteiger partial charge in [-0.05, 0) is 34.5 Å². The van der Waals surface area contributed by atoms with Crippen LogP contribution in [0.5, 0.6) is 0 Å². The third kappa shape index (κ3) is 1.90. The Labute approximate surface area is 97.0 Å². The molecule has 0 unspecified atom stereocenters. The molecule has 0 saturated heterocycles. The molecule has 3 nitrogen and oxygen atoms in total. The molecule has 0 aliphatic rings. The first kappa shape index (κ1) is 10.2. The van der Waals surface area contributed by atoms with Crippen molar-refractivity contribution >= 4 is 21.7 Å². The summed E-state index contributed by atoms with van der Waals surface area (Å²) in [6, 6.07) is 9.87. The molecule has 0 aliphatic carbocycles. The van der Waals surface area contributed by atoms with E-state index in [0.29, 0.717) is 5.82 Å². The molecule has 0 spiro atoms. The molecule has 0 aliphatic heterocycles. The second-order valence-corrected chi connectivity index (χ2v) is 4.13. The zero-order valence-electron chi connectivity index (χ0n) is 8.44. The van der Waals surface area contributed by atoms with E-state index < -0.39 is 0 Å². The zero-order valence-corrected chi connectivity index (χ0v) is 10.0. The number of nitrogens with two attached hydrogens (primary N) is 1. The van der Waals surface area contributed by atoms with Crippen LogP contribution in [-0.4, -0.2) is 9.78 Å². The monoisotopic (exact) mass is 265 g/mol. The molecule has 1 aromatic heterocycles. The maximum absolute atomic E-state index is 5.70. The molecule has 0 atom stereocenters. The van der Waals surface area contributed by atoms with E-state index in [0.717, 1.165) is 22.3 Å². The van der Waals surface area contributed by atoms with Gasteiger partial charge in [-0.15, -0.1) is 0 Å².